The van der Waals surface area contributed by atoms with Gasteiger partial charge in [0.05, 0.1) is 6.54 Å². The van der Waals surface area contributed by atoms with Crippen molar-refractivity contribution < 1.29 is 9.59 Å². The molecule has 3 aliphatic rings. The van der Waals surface area contributed by atoms with Gasteiger partial charge in [0.15, 0.2) is 0 Å². The van der Waals surface area contributed by atoms with E-state index in [0.717, 1.165) is 42.5 Å². The number of nitrogens with zero attached hydrogens (tertiary/aromatic N) is 1. The molecule has 6 nitrogen and oxygen atoms in total. The van der Waals surface area contributed by atoms with Gasteiger partial charge < -0.3 is 16.0 Å². The summed E-state index contributed by atoms with van der Waals surface area (Å²) in [6.07, 6.45) is 11.8. The molecule has 1 aliphatic carbocycles. The van der Waals surface area contributed by atoms with Gasteiger partial charge in [0, 0.05) is 36.2 Å². The standard InChI is InChI=1S/C24H30N4O2/c1-16(2)23(29)26-21-7-3-17(4-8-21)18-5-9-22(10-6-18)27-24(30)28-14-19-11-12-25-13-20(19)15-28/h5-6,9-14,16-17,21,25H,3-4,7-8,15H2,1-2H3,(H,26,29)(H,27,30). The highest BCUT2D eigenvalue weighted by Crippen LogP contribution is 2.33. The molecule has 30 heavy (non-hydrogen) atoms. The molecule has 4 rings (SSSR count). The van der Waals surface area contributed by atoms with E-state index in [2.05, 4.69) is 28.1 Å². The monoisotopic (exact) mass is 406 g/mol. The van der Waals surface area contributed by atoms with E-state index in [4.69, 9.17) is 0 Å². The molecule has 0 unspecified atom stereocenters. The van der Waals surface area contributed by atoms with Crippen molar-refractivity contribution in [2.45, 2.75) is 51.5 Å². The van der Waals surface area contributed by atoms with E-state index in [-0.39, 0.29) is 17.9 Å². The molecule has 0 spiro atoms. The molecule has 3 amide bonds. The van der Waals surface area contributed by atoms with Crippen LogP contribution in [0, 0.1) is 5.92 Å². The number of hydrogen-bond donors (Lipinski definition) is 3. The summed E-state index contributed by atoms with van der Waals surface area (Å²) in [5.41, 5.74) is 4.29. The van der Waals surface area contributed by atoms with Crippen molar-refractivity contribution in [2.75, 3.05) is 11.9 Å². The van der Waals surface area contributed by atoms with Crippen molar-refractivity contribution in [1.29, 1.82) is 0 Å². The Balaban J connectivity index is 1.29. The molecule has 0 bridgehead atoms. The third-order valence-electron chi connectivity index (χ3n) is 6.12. The summed E-state index contributed by atoms with van der Waals surface area (Å²) in [6.45, 7) is 4.44. The number of dihydropyridines is 1. The number of carbonyl (C=O) groups is 2. The van der Waals surface area contributed by atoms with Crippen LogP contribution in [0.15, 0.2) is 60.1 Å². The number of anilines is 1. The van der Waals surface area contributed by atoms with Crippen LogP contribution < -0.4 is 16.0 Å². The van der Waals surface area contributed by atoms with Crippen LogP contribution in [0.25, 0.3) is 0 Å². The van der Waals surface area contributed by atoms with E-state index >= 15 is 0 Å². The van der Waals surface area contributed by atoms with Crippen LogP contribution in [0.3, 0.4) is 0 Å². The van der Waals surface area contributed by atoms with Gasteiger partial charge in [0.2, 0.25) is 5.91 Å². The quantitative estimate of drug-likeness (QED) is 0.701. The summed E-state index contributed by atoms with van der Waals surface area (Å²) in [6, 6.07) is 8.37. The highest BCUT2D eigenvalue weighted by molar-refractivity contribution is 5.91. The topological polar surface area (TPSA) is 73.5 Å². The molecular formula is C24H30N4O2. The number of amides is 3. The minimum absolute atomic E-state index is 0.0381. The molecule has 1 saturated carbocycles. The van der Waals surface area contributed by atoms with Gasteiger partial charge in [0.1, 0.15) is 0 Å². The first kappa shape index (κ1) is 20.3. The van der Waals surface area contributed by atoms with Crippen molar-refractivity contribution in [3.63, 3.8) is 0 Å². The summed E-state index contributed by atoms with van der Waals surface area (Å²) in [4.78, 5) is 26.2. The molecule has 2 heterocycles. The zero-order valence-electron chi connectivity index (χ0n) is 17.7. The van der Waals surface area contributed by atoms with Crippen molar-refractivity contribution in [2.24, 2.45) is 5.92 Å². The second kappa shape index (κ2) is 8.78. The lowest BCUT2D eigenvalue weighted by molar-refractivity contribution is -0.124. The number of nitrogens with one attached hydrogen (secondary N) is 3. The van der Waals surface area contributed by atoms with E-state index < -0.39 is 0 Å². The van der Waals surface area contributed by atoms with Gasteiger partial charge in [-0.1, -0.05) is 26.0 Å². The predicted octanol–water partition coefficient (Wildman–Crippen LogP) is 4.22. The van der Waals surface area contributed by atoms with Crippen molar-refractivity contribution in [3.8, 4) is 0 Å². The number of rotatable bonds is 4. The molecule has 0 aromatic heterocycles. The third kappa shape index (κ3) is 4.58. The van der Waals surface area contributed by atoms with Gasteiger partial charge in [-0.3, -0.25) is 9.69 Å². The molecule has 2 aliphatic heterocycles. The van der Waals surface area contributed by atoms with Crippen LogP contribution in [-0.2, 0) is 4.79 Å². The fraction of sp³-hybridized carbons (Fsp3) is 0.417. The molecule has 1 aromatic carbocycles. The summed E-state index contributed by atoms with van der Waals surface area (Å²) in [5.74, 6) is 0.700. The van der Waals surface area contributed by atoms with E-state index in [1.807, 2.05) is 50.7 Å². The van der Waals surface area contributed by atoms with Crippen molar-refractivity contribution >= 4 is 17.6 Å². The van der Waals surface area contributed by atoms with E-state index in [1.54, 1.807) is 4.90 Å². The van der Waals surface area contributed by atoms with Crippen molar-refractivity contribution in [3.05, 3.63) is 65.7 Å². The molecular weight excluding hydrogens is 376 g/mol. The van der Waals surface area contributed by atoms with Crippen molar-refractivity contribution in [1.82, 2.24) is 15.5 Å². The molecule has 3 N–H and O–H groups in total. The summed E-state index contributed by atoms with van der Waals surface area (Å²) in [7, 11) is 0. The van der Waals surface area contributed by atoms with Crippen LogP contribution in [-0.4, -0.2) is 29.4 Å². The third-order valence-corrected chi connectivity index (χ3v) is 6.12. The minimum atomic E-state index is -0.125. The maximum absolute atomic E-state index is 12.6. The Morgan fingerprint density at radius 3 is 2.50 bits per heavy atom. The fourth-order valence-electron chi connectivity index (χ4n) is 4.24. The Hall–Kier alpha value is -3.02. The first-order valence-electron chi connectivity index (χ1n) is 10.8. The minimum Gasteiger partial charge on any atom is -0.367 e. The fourth-order valence-corrected chi connectivity index (χ4v) is 4.24. The Morgan fingerprint density at radius 2 is 1.83 bits per heavy atom. The average molecular weight is 407 g/mol. The number of fused-ring (bicyclic) bond motifs is 1. The largest absolute Gasteiger partial charge is 0.367 e. The van der Waals surface area contributed by atoms with Crippen LogP contribution in [0.2, 0.25) is 0 Å². The lowest BCUT2D eigenvalue weighted by atomic mass is 9.81. The highest BCUT2D eigenvalue weighted by atomic mass is 16.2. The number of urea groups is 1. The Morgan fingerprint density at radius 1 is 1.10 bits per heavy atom. The van der Waals surface area contributed by atoms with Gasteiger partial charge in [-0.15, -0.1) is 0 Å². The first-order chi connectivity index (χ1) is 14.5. The first-order valence-corrected chi connectivity index (χ1v) is 10.8. The van der Waals surface area contributed by atoms with Gasteiger partial charge in [-0.25, -0.2) is 4.79 Å². The van der Waals surface area contributed by atoms with Crippen LogP contribution in [0.1, 0.15) is 51.0 Å². The van der Waals surface area contributed by atoms with Gasteiger partial charge >= 0.3 is 6.03 Å². The lowest BCUT2D eigenvalue weighted by Gasteiger charge is -2.30. The molecule has 0 atom stereocenters. The van der Waals surface area contributed by atoms with Crippen LogP contribution in [0.4, 0.5) is 10.5 Å². The zero-order valence-corrected chi connectivity index (χ0v) is 17.7. The highest BCUT2D eigenvalue weighted by Gasteiger charge is 2.25. The molecule has 1 fully saturated rings. The van der Waals surface area contributed by atoms with Gasteiger partial charge in [-0.2, -0.15) is 0 Å². The van der Waals surface area contributed by atoms with Crippen LogP contribution >= 0.6 is 0 Å². The summed E-state index contributed by atoms with van der Waals surface area (Å²) >= 11 is 0. The smallest absolute Gasteiger partial charge is 0.326 e. The molecule has 158 valence electrons. The lowest BCUT2D eigenvalue weighted by Crippen LogP contribution is -2.39. The van der Waals surface area contributed by atoms with Crippen LogP contribution in [0.5, 0.6) is 0 Å². The summed E-state index contributed by atoms with van der Waals surface area (Å²) < 4.78 is 0. The molecule has 0 saturated heterocycles. The number of hydrogen-bond acceptors (Lipinski definition) is 3. The maximum Gasteiger partial charge on any atom is 0.326 e. The second-order valence-corrected chi connectivity index (χ2v) is 8.65. The average Bonchev–Trinajstić information content (AvgIpc) is 3.19. The maximum atomic E-state index is 12.6. The normalized spacial score (nSPS) is 22.7. The summed E-state index contributed by atoms with van der Waals surface area (Å²) in [5, 5.41) is 9.20. The van der Waals surface area contributed by atoms with Gasteiger partial charge in [0.25, 0.3) is 0 Å². The number of carbonyl (C=O) groups excluding carboxylic acids is 2. The Kier molecular flexibility index (Phi) is 5.93. The van der Waals surface area contributed by atoms with E-state index in [9.17, 15) is 9.59 Å². The molecule has 0 radical (unpaired) electrons. The number of benzene rings is 1. The van der Waals surface area contributed by atoms with E-state index in [0.29, 0.717) is 18.5 Å². The molecule has 1 aromatic rings. The molecule has 6 heteroatoms. The Labute approximate surface area is 178 Å². The van der Waals surface area contributed by atoms with E-state index in [1.165, 1.54) is 5.56 Å². The Bertz CT molecular complexity index is 890. The van der Waals surface area contributed by atoms with Gasteiger partial charge in [-0.05, 0) is 66.5 Å². The number of allylic oxidation sites excluding steroid dienone is 1. The SMILES string of the molecule is CC(C)C(=O)NC1CCC(c2ccc(NC(=O)N3C=C4C=CNC=C4C3)cc2)CC1. The second-order valence-electron chi connectivity index (χ2n) is 8.65. The predicted molar refractivity (Wildman–Crippen MR) is 119 cm³/mol. The zero-order chi connectivity index (χ0) is 21.1.